The first-order valence-electron chi connectivity index (χ1n) is 4.73. The van der Waals surface area contributed by atoms with Crippen LogP contribution in [-0.2, 0) is 14.3 Å². The lowest BCUT2D eigenvalue weighted by atomic mass is 9.68. The zero-order valence-corrected chi connectivity index (χ0v) is 8.63. The maximum Gasteiger partial charge on any atom is 0.143 e. The van der Waals surface area contributed by atoms with Crippen molar-refractivity contribution in [3.63, 3.8) is 0 Å². The minimum Gasteiger partial charge on any atom is -0.385 e. The Hall–Kier alpha value is -0.410. The highest BCUT2D eigenvalue weighted by Gasteiger charge is 2.47. The van der Waals surface area contributed by atoms with Crippen molar-refractivity contribution in [1.29, 1.82) is 0 Å². The fraction of sp³-hybridized carbons (Fsp3) is 0.900. The molecule has 1 atom stereocenters. The molecule has 0 N–H and O–H groups in total. The van der Waals surface area contributed by atoms with Crippen molar-refractivity contribution >= 4 is 5.78 Å². The predicted molar refractivity (Wildman–Crippen MR) is 49.6 cm³/mol. The second-order valence-electron chi connectivity index (χ2n) is 4.05. The highest BCUT2D eigenvalue weighted by Crippen LogP contribution is 2.38. The number of hydrogen-bond donors (Lipinski definition) is 0. The minimum absolute atomic E-state index is 0.122. The van der Waals surface area contributed by atoms with Crippen molar-refractivity contribution < 1.29 is 14.3 Å². The smallest absolute Gasteiger partial charge is 0.143 e. The van der Waals surface area contributed by atoms with Gasteiger partial charge in [0.15, 0.2) is 0 Å². The van der Waals surface area contributed by atoms with E-state index in [1.807, 2.05) is 13.8 Å². The van der Waals surface area contributed by atoms with Crippen LogP contribution < -0.4 is 0 Å². The molecule has 1 rings (SSSR count). The van der Waals surface area contributed by atoms with Gasteiger partial charge in [0.05, 0.1) is 11.5 Å². The number of rotatable bonds is 5. The molecule has 1 saturated carbocycles. The van der Waals surface area contributed by atoms with Crippen LogP contribution in [0.2, 0.25) is 0 Å². The van der Waals surface area contributed by atoms with E-state index in [1.165, 1.54) is 0 Å². The number of hydrogen-bond acceptors (Lipinski definition) is 3. The van der Waals surface area contributed by atoms with Crippen molar-refractivity contribution in [2.45, 2.75) is 32.8 Å². The summed E-state index contributed by atoms with van der Waals surface area (Å²) in [5, 5.41) is 0. The van der Waals surface area contributed by atoms with Gasteiger partial charge in [-0.2, -0.15) is 0 Å². The average molecular weight is 186 g/mol. The molecule has 0 bridgehead atoms. The molecule has 0 aromatic heterocycles. The van der Waals surface area contributed by atoms with E-state index in [4.69, 9.17) is 9.47 Å². The molecule has 0 saturated heterocycles. The maximum atomic E-state index is 11.1. The van der Waals surface area contributed by atoms with Gasteiger partial charge in [-0.3, -0.25) is 4.79 Å². The number of carbonyl (C=O) groups excluding carboxylic acids is 1. The topological polar surface area (TPSA) is 35.5 Å². The Balaban J connectivity index is 2.14. The minimum atomic E-state index is -0.257. The number of methoxy groups -OCH3 is 1. The van der Waals surface area contributed by atoms with E-state index >= 15 is 0 Å². The molecule has 1 fully saturated rings. The Bertz CT molecular complexity index is 187. The monoisotopic (exact) mass is 186 g/mol. The van der Waals surface area contributed by atoms with Crippen LogP contribution in [-0.4, -0.2) is 32.2 Å². The van der Waals surface area contributed by atoms with Crippen LogP contribution >= 0.6 is 0 Å². The number of ketones is 1. The van der Waals surface area contributed by atoms with E-state index in [2.05, 4.69) is 0 Å². The van der Waals surface area contributed by atoms with E-state index in [-0.39, 0.29) is 11.5 Å². The van der Waals surface area contributed by atoms with Gasteiger partial charge in [-0.15, -0.1) is 0 Å². The molecule has 1 aliphatic carbocycles. The van der Waals surface area contributed by atoms with Gasteiger partial charge in [-0.25, -0.2) is 0 Å². The van der Waals surface area contributed by atoms with Gasteiger partial charge in [0.2, 0.25) is 0 Å². The first-order chi connectivity index (χ1) is 6.09. The zero-order chi connectivity index (χ0) is 9.90. The van der Waals surface area contributed by atoms with Crippen LogP contribution in [0, 0.1) is 5.41 Å². The van der Waals surface area contributed by atoms with Gasteiger partial charge in [-0.05, 0) is 6.42 Å². The van der Waals surface area contributed by atoms with Crippen molar-refractivity contribution in [2.24, 2.45) is 5.41 Å². The van der Waals surface area contributed by atoms with Crippen molar-refractivity contribution in [3.05, 3.63) is 0 Å². The van der Waals surface area contributed by atoms with E-state index in [1.54, 1.807) is 7.11 Å². The highest BCUT2D eigenvalue weighted by molar-refractivity contribution is 5.91. The van der Waals surface area contributed by atoms with Gasteiger partial charge in [0, 0.05) is 26.7 Å². The molecule has 3 nitrogen and oxygen atoms in total. The van der Waals surface area contributed by atoms with Crippen LogP contribution in [0.15, 0.2) is 0 Å². The van der Waals surface area contributed by atoms with Crippen molar-refractivity contribution in [1.82, 2.24) is 0 Å². The van der Waals surface area contributed by atoms with Crippen LogP contribution in [0.3, 0.4) is 0 Å². The lowest BCUT2D eigenvalue weighted by Crippen LogP contribution is -2.51. The van der Waals surface area contributed by atoms with E-state index < -0.39 is 0 Å². The zero-order valence-electron chi connectivity index (χ0n) is 8.63. The molecule has 0 amide bonds. The summed E-state index contributed by atoms with van der Waals surface area (Å²) in [6, 6.07) is 0. The molecule has 0 spiro atoms. The summed E-state index contributed by atoms with van der Waals surface area (Å²) in [5.74, 6) is 0.309. The van der Waals surface area contributed by atoms with Crippen molar-refractivity contribution in [2.75, 3.05) is 20.3 Å². The average Bonchev–Trinajstić information content (AvgIpc) is 2.10. The quantitative estimate of drug-likeness (QED) is 0.609. The van der Waals surface area contributed by atoms with Crippen molar-refractivity contribution in [3.8, 4) is 0 Å². The van der Waals surface area contributed by atoms with Gasteiger partial charge >= 0.3 is 0 Å². The summed E-state index contributed by atoms with van der Waals surface area (Å²) in [7, 11) is 1.68. The molecule has 0 heterocycles. The third-order valence-electron chi connectivity index (χ3n) is 2.71. The van der Waals surface area contributed by atoms with Gasteiger partial charge in [-0.1, -0.05) is 13.8 Å². The van der Waals surface area contributed by atoms with Gasteiger partial charge < -0.3 is 9.47 Å². The number of ether oxygens (including phenoxy) is 2. The molecule has 76 valence electrons. The SMILES string of the molecule is COCCCOC1CC(=O)C1(C)C. The molecule has 1 unspecified atom stereocenters. The number of Topliss-reactive ketones (excluding diaryl/α,β-unsaturated/α-hetero) is 1. The molecule has 0 aliphatic heterocycles. The van der Waals surface area contributed by atoms with Crippen LogP contribution in [0.25, 0.3) is 0 Å². The Labute approximate surface area is 79.4 Å². The van der Waals surface area contributed by atoms with E-state index in [9.17, 15) is 4.79 Å². The molecular formula is C10H18O3. The lowest BCUT2D eigenvalue weighted by Gasteiger charge is -2.41. The van der Waals surface area contributed by atoms with Crippen LogP contribution in [0.1, 0.15) is 26.7 Å². The molecule has 3 heteroatoms. The normalized spacial score (nSPS) is 25.8. The molecule has 1 aliphatic rings. The molecule has 0 aromatic rings. The third-order valence-corrected chi connectivity index (χ3v) is 2.71. The van der Waals surface area contributed by atoms with E-state index in [0.717, 1.165) is 13.0 Å². The second-order valence-corrected chi connectivity index (χ2v) is 4.05. The summed E-state index contributed by atoms with van der Waals surface area (Å²) in [6.45, 7) is 5.30. The Morgan fingerprint density at radius 1 is 1.46 bits per heavy atom. The van der Waals surface area contributed by atoms with Gasteiger partial charge in [0.1, 0.15) is 5.78 Å². The van der Waals surface area contributed by atoms with Gasteiger partial charge in [0.25, 0.3) is 0 Å². The molecule has 0 aromatic carbocycles. The third kappa shape index (κ3) is 2.29. The second kappa shape index (κ2) is 4.20. The molecule has 13 heavy (non-hydrogen) atoms. The molecular weight excluding hydrogens is 168 g/mol. The van der Waals surface area contributed by atoms with E-state index in [0.29, 0.717) is 18.8 Å². The number of carbonyl (C=O) groups is 1. The summed E-state index contributed by atoms with van der Waals surface area (Å²) in [6.07, 6.45) is 1.61. The highest BCUT2D eigenvalue weighted by atomic mass is 16.5. The summed E-state index contributed by atoms with van der Waals surface area (Å²) >= 11 is 0. The Morgan fingerprint density at radius 2 is 2.15 bits per heavy atom. The lowest BCUT2D eigenvalue weighted by molar-refractivity contribution is -0.158. The first-order valence-corrected chi connectivity index (χ1v) is 4.73. The Morgan fingerprint density at radius 3 is 2.62 bits per heavy atom. The first kappa shape index (κ1) is 10.7. The summed E-state index contributed by atoms with van der Waals surface area (Å²) < 4.78 is 10.5. The fourth-order valence-corrected chi connectivity index (χ4v) is 1.43. The summed E-state index contributed by atoms with van der Waals surface area (Å²) in [5.41, 5.74) is -0.257. The maximum absolute atomic E-state index is 11.1. The summed E-state index contributed by atoms with van der Waals surface area (Å²) in [4.78, 5) is 11.1. The van der Waals surface area contributed by atoms with Crippen LogP contribution in [0.4, 0.5) is 0 Å². The molecule has 0 radical (unpaired) electrons. The predicted octanol–water partition coefficient (Wildman–Crippen LogP) is 1.41. The Kier molecular flexibility index (Phi) is 3.45. The fourth-order valence-electron chi connectivity index (χ4n) is 1.43. The largest absolute Gasteiger partial charge is 0.385 e. The van der Waals surface area contributed by atoms with Crippen LogP contribution in [0.5, 0.6) is 0 Å². The standard InChI is InChI=1S/C10H18O3/c1-10(2)8(11)7-9(10)13-6-4-5-12-3/h9H,4-7H2,1-3H3.